The summed E-state index contributed by atoms with van der Waals surface area (Å²) < 4.78 is 54.2. The molecule has 15 N–H and O–H groups in total. The number of nitrogen functional groups attached to an aromatic ring is 2. The fraction of sp³-hybridized carbons (Fsp3) is 0.673. The molecule has 92 heavy (non-hydrogen) atoms. The Bertz CT molecular complexity index is 3270. The van der Waals surface area contributed by atoms with Crippen LogP contribution in [0.15, 0.2) is 6.20 Å². The number of likely N-dealkylation sites (tertiary alicyclic amines) is 3. The molecular formula is C52H77N12O23P3S2. The van der Waals surface area contributed by atoms with Crippen molar-refractivity contribution in [1.82, 2.24) is 50.5 Å². The summed E-state index contributed by atoms with van der Waals surface area (Å²) in [5, 5.41) is 40.5. The number of carboxylic acids is 2. The summed E-state index contributed by atoms with van der Waals surface area (Å²) in [6.45, 7) is -0.0644. The molecule has 5 fully saturated rings. The van der Waals surface area contributed by atoms with Crippen LogP contribution in [0.25, 0.3) is 11.0 Å². The van der Waals surface area contributed by atoms with Crippen molar-refractivity contribution in [3.8, 4) is 11.8 Å². The van der Waals surface area contributed by atoms with E-state index in [9.17, 15) is 82.0 Å². The number of ether oxygens (including phenoxy) is 1. The maximum absolute atomic E-state index is 14.4. The van der Waals surface area contributed by atoms with Crippen molar-refractivity contribution in [2.75, 3.05) is 62.3 Å². The van der Waals surface area contributed by atoms with E-state index in [1.165, 1.54) is 47.1 Å². The quantitative estimate of drug-likeness (QED) is 0.0213. The van der Waals surface area contributed by atoms with Gasteiger partial charge in [0.1, 0.15) is 48.4 Å². The molecule has 0 bridgehead atoms. The van der Waals surface area contributed by atoms with Crippen molar-refractivity contribution in [2.24, 2.45) is 5.92 Å². The largest absolute Gasteiger partial charge is 0.490 e. The summed E-state index contributed by atoms with van der Waals surface area (Å²) in [7, 11) is -14.3. The van der Waals surface area contributed by atoms with Gasteiger partial charge in [-0.1, -0.05) is 52.7 Å². The summed E-state index contributed by atoms with van der Waals surface area (Å²) in [4.78, 5) is 168. The van der Waals surface area contributed by atoms with Crippen LogP contribution in [0.4, 0.5) is 11.8 Å². The number of aromatic nitrogens is 3. The van der Waals surface area contributed by atoms with E-state index >= 15 is 0 Å². The van der Waals surface area contributed by atoms with Crippen LogP contribution in [0, 0.1) is 17.8 Å². The Morgan fingerprint density at radius 1 is 0.739 bits per heavy atom. The van der Waals surface area contributed by atoms with Crippen LogP contribution in [0.3, 0.4) is 0 Å². The lowest BCUT2D eigenvalue weighted by Gasteiger charge is -2.33. The molecule has 7 rings (SSSR count). The number of aliphatic carboxylic acids is 2. The van der Waals surface area contributed by atoms with Gasteiger partial charge in [-0.25, -0.2) is 18.5 Å². The van der Waals surface area contributed by atoms with E-state index in [1.807, 2.05) is 0 Å². The van der Waals surface area contributed by atoms with E-state index in [-0.39, 0.29) is 110 Å². The van der Waals surface area contributed by atoms with Crippen LogP contribution >= 0.6 is 45.1 Å². The Balaban J connectivity index is 0.863. The number of phosphoric ester groups is 1. The highest BCUT2D eigenvalue weighted by molar-refractivity contribution is 8.76. The summed E-state index contributed by atoms with van der Waals surface area (Å²) in [6, 6.07) is -5.88. The molecule has 0 radical (unpaired) electrons. The highest BCUT2D eigenvalue weighted by Gasteiger charge is 2.46. The second-order valence-electron chi connectivity index (χ2n) is 22.5. The van der Waals surface area contributed by atoms with Crippen LogP contribution in [-0.2, 0) is 74.7 Å². The number of aliphatic hydroxyl groups is 1. The average Bonchev–Trinajstić information content (AvgIpc) is 1.61. The molecule has 2 aromatic heterocycles. The third-order valence-corrected chi connectivity index (χ3v) is 22.1. The number of amides is 7. The summed E-state index contributed by atoms with van der Waals surface area (Å²) in [5.41, 5.74) is 12.4. The minimum Gasteiger partial charge on any atom is -0.481 e. The maximum Gasteiger partial charge on any atom is 0.490 e. The predicted molar refractivity (Wildman–Crippen MR) is 326 cm³/mol. The number of hydrogen-bond acceptors (Lipinski definition) is 23. The first-order chi connectivity index (χ1) is 43.5. The number of nitrogens with two attached hydrogens (primary N) is 2. The molecule has 2 aromatic rings. The number of carbonyl (C=O) groups is 9. The van der Waals surface area contributed by atoms with Crippen molar-refractivity contribution >= 4 is 121 Å². The predicted octanol–water partition coefficient (Wildman–Crippen LogP) is 0.585. The molecule has 6 heterocycles. The minimum atomic E-state index is -5.80. The Morgan fingerprint density at radius 3 is 2.03 bits per heavy atom. The van der Waals surface area contributed by atoms with Crippen LogP contribution < -0.4 is 32.7 Å². The molecule has 40 heteroatoms. The minimum absolute atomic E-state index is 0.0263. The Labute approximate surface area is 535 Å². The molecule has 4 saturated heterocycles. The highest BCUT2D eigenvalue weighted by atomic mass is 33.1. The van der Waals surface area contributed by atoms with Crippen molar-refractivity contribution in [3.05, 3.63) is 11.8 Å². The number of unbranched alkanes of at least 4 members (excludes halogenated alkanes) is 1. The number of fused-ring (bicyclic) bond motifs is 1. The van der Waals surface area contributed by atoms with Crippen LogP contribution in [0.5, 0.6) is 0 Å². The normalized spacial score (nSPS) is 23.0. The Hall–Kier alpha value is -5.96. The lowest BCUT2D eigenvalue weighted by molar-refractivity contribution is -0.149. The van der Waals surface area contributed by atoms with Crippen molar-refractivity contribution in [1.29, 1.82) is 0 Å². The monoisotopic (exact) mass is 1390 g/mol. The summed E-state index contributed by atoms with van der Waals surface area (Å²) in [6.07, 6.45) is 4.53. The zero-order valence-electron chi connectivity index (χ0n) is 49.8. The van der Waals surface area contributed by atoms with Gasteiger partial charge in [0.15, 0.2) is 5.65 Å². The van der Waals surface area contributed by atoms with Gasteiger partial charge < -0.3 is 91.6 Å². The first kappa shape index (κ1) is 73.5. The summed E-state index contributed by atoms with van der Waals surface area (Å²) >= 11 is 0. The van der Waals surface area contributed by atoms with E-state index in [2.05, 4.69) is 56.2 Å². The third kappa shape index (κ3) is 21.0. The number of phosphoric acid groups is 3. The first-order valence-electron chi connectivity index (χ1n) is 29.8. The van der Waals surface area contributed by atoms with E-state index in [1.54, 1.807) is 0 Å². The fourth-order valence-electron chi connectivity index (χ4n) is 11.6. The average molecular weight is 1400 g/mol. The molecule has 10 unspecified atom stereocenters. The molecule has 10 atom stereocenters. The highest BCUT2D eigenvalue weighted by Crippen LogP contribution is 2.66. The smallest absolute Gasteiger partial charge is 0.481 e. The SMILES string of the molecule is Nc1nc(N)c2c(C#CCNC(=O)CCSSCCC(=O)N3CCCC3C(=O)N3CCCC3C(=O)NC(CCCCNC(=O)C3CCCCC3)C(=O)N3CCCC3C(=O)NC(CC(=O)O)C(=O)O)cn(C3CC(O)C(COP(=O)(O)OP(=O)(O)OP(=O)(O)O)O3)c2n1. The number of rotatable bonds is 31. The molecule has 1 aliphatic carbocycles. The number of nitrogens with zero attached hydrogens (tertiary/aromatic N) is 6. The molecule has 1 saturated carbocycles. The third-order valence-electron chi connectivity index (χ3n) is 15.9. The van der Waals surface area contributed by atoms with Gasteiger partial charge in [-0.05, 0) is 70.6 Å². The lowest BCUT2D eigenvalue weighted by atomic mass is 9.88. The van der Waals surface area contributed by atoms with Crippen LogP contribution in [0.2, 0.25) is 0 Å². The first-order valence-corrected chi connectivity index (χ1v) is 36.8. The second kappa shape index (κ2) is 33.4. The number of carboxylic acid groups (broad SMARTS) is 2. The van der Waals surface area contributed by atoms with Gasteiger partial charge in [0.2, 0.25) is 47.3 Å². The topological polar surface area (TPSA) is 524 Å². The molecule has 5 aliphatic rings. The van der Waals surface area contributed by atoms with Crippen LogP contribution in [0.1, 0.15) is 127 Å². The Kier molecular flexibility index (Phi) is 26.7. The van der Waals surface area contributed by atoms with E-state index in [4.69, 9.17) is 26.0 Å². The summed E-state index contributed by atoms with van der Waals surface area (Å²) in [5.74, 6) is -0.0729. The molecule has 35 nitrogen and oxygen atoms in total. The van der Waals surface area contributed by atoms with E-state index < -0.39 is 121 Å². The van der Waals surface area contributed by atoms with E-state index in [0.717, 1.165) is 32.1 Å². The lowest BCUT2D eigenvalue weighted by Crippen LogP contribution is -2.58. The van der Waals surface area contributed by atoms with Gasteiger partial charge in [-0.15, -0.1) is 0 Å². The second-order valence-corrected chi connectivity index (χ2v) is 29.6. The number of carbonyl (C=O) groups excluding carboxylic acids is 7. The van der Waals surface area contributed by atoms with Gasteiger partial charge in [0, 0.05) is 69.1 Å². The fourth-order valence-corrected chi connectivity index (χ4v) is 16.6. The van der Waals surface area contributed by atoms with Crippen molar-refractivity contribution < 1.29 is 110 Å². The van der Waals surface area contributed by atoms with Gasteiger partial charge in [0.25, 0.3) is 0 Å². The molecule has 7 amide bonds. The zero-order chi connectivity index (χ0) is 67.1. The van der Waals surface area contributed by atoms with Gasteiger partial charge >= 0.3 is 35.4 Å². The van der Waals surface area contributed by atoms with Gasteiger partial charge in [-0.2, -0.15) is 18.6 Å². The van der Waals surface area contributed by atoms with Crippen molar-refractivity contribution in [3.63, 3.8) is 0 Å². The molecular weight excluding hydrogens is 1320 g/mol. The number of anilines is 2. The van der Waals surface area contributed by atoms with Gasteiger partial charge in [0.05, 0.1) is 36.6 Å². The number of nitrogens with one attached hydrogen (secondary N) is 4. The molecule has 0 spiro atoms. The molecule has 0 aromatic carbocycles. The standard InChI is InChI=1S/C52H77N12O23P3S2/c53-44-43-31(28-64(45(43)60-52(54)59-44)41-27-37(65)38(85-41)29-84-89(80,81)87-90(82,83)86-88(77,78)79)12-6-20-55-39(66)17-24-91-92-25-18-40(67)61-21-9-16-36(61)50(74)63-23-8-15-35(63)47(71)57-32(13-4-5-19-56-46(70)30-10-2-1-3-11-30)49(73)62-22-7-14-34(62)48(72)58-33(51(75)76)26-42(68)69/h28,30,32-38,41,65H,1-5,7-11,13-27,29H2,(H,55,66)(H,56,70)(H,57,71)(H,58,72)(H,68,69)(H,75,76)(H,80,81)(H,82,83)(H2,77,78,79)(H4,53,54,59,60). The Morgan fingerprint density at radius 2 is 1.37 bits per heavy atom. The van der Waals surface area contributed by atoms with Gasteiger partial charge in [-0.3, -0.25) is 42.9 Å². The maximum atomic E-state index is 14.4. The number of aliphatic hydroxyl groups excluding tert-OH is 1. The molecule has 4 aliphatic heterocycles. The molecule has 510 valence electrons. The van der Waals surface area contributed by atoms with Crippen molar-refractivity contribution in [2.45, 2.75) is 164 Å². The van der Waals surface area contributed by atoms with Crippen LogP contribution in [-0.4, -0.2) is 211 Å². The van der Waals surface area contributed by atoms with E-state index in [0.29, 0.717) is 63.1 Å². The zero-order valence-corrected chi connectivity index (χ0v) is 54.1. The number of hydrogen-bond donors (Lipinski definition) is 13.